The zero-order valence-electron chi connectivity index (χ0n) is 14.8. The van der Waals surface area contributed by atoms with Crippen molar-refractivity contribution in [2.24, 2.45) is 0 Å². The van der Waals surface area contributed by atoms with Crippen molar-refractivity contribution in [3.8, 4) is 0 Å². The Labute approximate surface area is 152 Å². The Hall–Kier alpha value is -3.21. The van der Waals surface area contributed by atoms with Crippen molar-refractivity contribution >= 4 is 16.8 Å². The van der Waals surface area contributed by atoms with Crippen LogP contribution in [-0.4, -0.2) is 27.1 Å². The van der Waals surface area contributed by atoms with Crippen LogP contribution < -0.4 is 5.43 Å². The first-order valence-electron chi connectivity index (χ1n) is 8.59. The third kappa shape index (κ3) is 3.42. The number of aromatic nitrogens is 2. The maximum atomic E-state index is 13.1. The minimum Gasteiger partial charge on any atom is -0.329 e. The van der Waals surface area contributed by atoms with Gasteiger partial charge in [0.05, 0.1) is 5.52 Å². The molecule has 1 aromatic heterocycles. The molecule has 3 aromatic rings. The third-order valence-corrected chi connectivity index (χ3v) is 4.22. The summed E-state index contributed by atoms with van der Waals surface area (Å²) < 4.78 is 1.69. The predicted octanol–water partition coefficient (Wildman–Crippen LogP) is 3.24. The summed E-state index contributed by atoms with van der Waals surface area (Å²) in [5.41, 5.74) is 1.33. The van der Waals surface area contributed by atoms with Crippen molar-refractivity contribution in [3.05, 3.63) is 88.7 Å². The Bertz CT molecular complexity index is 993. The highest BCUT2D eigenvalue weighted by Gasteiger charge is 2.22. The zero-order chi connectivity index (χ0) is 18.5. The minimum absolute atomic E-state index is 0.0525. The van der Waals surface area contributed by atoms with Gasteiger partial charge >= 0.3 is 0 Å². The lowest BCUT2D eigenvalue weighted by atomic mass is 10.1. The molecular weight excluding hydrogens is 326 g/mol. The van der Waals surface area contributed by atoms with Gasteiger partial charge in [-0.25, -0.2) is 0 Å². The molecule has 0 fully saturated rings. The average Bonchev–Trinajstić information content (AvgIpc) is 2.68. The van der Waals surface area contributed by atoms with Crippen LogP contribution in [0.2, 0.25) is 0 Å². The molecule has 3 rings (SSSR count). The molecule has 1 amide bonds. The molecule has 5 nitrogen and oxygen atoms in total. The van der Waals surface area contributed by atoms with E-state index in [4.69, 9.17) is 0 Å². The van der Waals surface area contributed by atoms with E-state index < -0.39 is 0 Å². The highest BCUT2D eigenvalue weighted by atomic mass is 16.2. The van der Waals surface area contributed by atoms with Crippen LogP contribution >= 0.6 is 0 Å². The summed E-state index contributed by atoms with van der Waals surface area (Å²) in [5, 5.41) is 4.85. The first-order valence-corrected chi connectivity index (χ1v) is 8.59. The minimum atomic E-state index is -0.383. The zero-order valence-corrected chi connectivity index (χ0v) is 14.8. The number of rotatable bonds is 6. The van der Waals surface area contributed by atoms with Gasteiger partial charge in [0, 0.05) is 25.0 Å². The Morgan fingerprint density at radius 2 is 1.85 bits per heavy atom. The van der Waals surface area contributed by atoms with Gasteiger partial charge in [-0.2, -0.15) is 5.10 Å². The van der Waals surface area contributed by atoms with E-state index in [1.54, 1.807) is 27.8 Å². The summed E-state index contributed by atoms with van der Waals surface area (Å²) in [4.78, 5) is 27.5. The van der Waals surface area contributed by atoms with Crippen molar-refractivity contribution < 1.29 is 4.79 Å². The van der Waals surface area contributed by atoms with Gasteiger partial charge in [-0.15, -0.1) is 6.58 Å². The standard InChI is InChI=1S/C21H21N3O2/c1-3-14-23(15-16-10-6-5-7-11-16)21(26)19-20(25)17-12-8-9-13-18(17)24(4-2)22-19/h3,5-13H,1,4,14-15H2,2H3. The maximum Gasteiger partial charge on any atom is 0.278 e. The lowest BCUT2D eigenvalue weighted by Crippen LogP contribution is -2.36. The Morgan fingerprint density at radius 3 is 2.54 bits per heavy atom. The molecule has 2 aromatic carbocycles. The molecule has 1 heterocycles. The fourth-order valence-electron chi connectivity index (χ4n) is 2.95. The van der Waals surface area contributed by atoms with E-state index in [0.29, 0.717) is 25.0 Å². The van der Waals surface area contributed by atoms with Gasteiger partial charge in [0.2, 0.25) is 5.43 Å². The van der Waals surface area contributed by atoms with Gasteiger partial charge in [-0.1, -0.05) is 48.5 Å². The Balaban J connectivity index is 2.05. The van der Waals surface area contributed by atoms with Crippen LogP contribution in [0.5, 0.6) is 0 Å². The maximum absolute atomic E-state index is 13.1. The lowest BCUT2D eigenvalue weighted by molar-refractivity contribution is 0.0753. The number of carbonyl (C=O) groups excluding carboxylic acids is 1. The molecule has 0 saturated carbocycles. The fourth-order valence-corrected chi connectivity index (χ4v) is 2.95. The van der Waals surface area contributed by atoms with E-state index in [1.165, 1.54) is 0 Å². The highest BCUT2D eigenvalue weighted by molar-refractivity contribution is 5.95. The summed E-state index contributed by atoms with van der Waals surface area (Å²) in [6.45, 7) is 6.97. The van der Waals surface area contributed by atoms with E-state index in [0.717, 1.165) is 11.1 Å². The lowest BCUT2D eigenvalue weighted by Gasteiger charge is -2.21. The Kier molecular flexibility index (Phi) is 5.27. The molecule has 0 aliphatic heterocycles. The van der Waals surface area contributed by atoms with Crippen molar-refractivity contribution in [3.63, 3.8) is 0 Å². The van der Waals surface area contributed by atoms with Gasteiger partial charge in [0.25, 0.3) is 5.91 Å². The molecule has 0 saturated heterocycles. The van der Waals surface area contributed by atoms with Gasteiger partial charge < -0.3 is 4.90 Å². The van der Waals surface area contributed by atoms with Crippen LogP contribution in [0.15, 0.2) is 72.0 Å². The van der Waals surface area contributed by atoms with Gasteiger partial charge in [0.1, 0.15) is 0 Å². The van der Waals surface area contributed by atoms with E-state index in [9.17, 15) is 9.59 Å². The molecule has 5 heteroatoms. The second kappa shape index (κ2) is 7.78. The second-order valence-corrected chi connectivity index (χ2v) is 5.97. The van der Waals surface area contributed by atoms with Crippen molar-refractivity contribution in [2.75, 3.05) is 6.54 Å². The van der Waals surface area contributed by atoms with Gasteiger partial charge in [-0.3, -0.25) is 14.3 Å². The van der Waals surface area contributed by atoms with Crippen molar-refractivity contribution in [2.45, 2.75) is 20.0 Å². The van der Waals surface area contributed by atoms with Crippen LogP contribution in [0.4, 0.5) is 0 Å². The van der Waals surface area contributed by atoms with Crippen molar-refractivity contribution in [1.82, 2.24) is 14.7 Å². The van der Waals surface area contributed by atoms with Gasteiger partial charge in [-0.05, 0) is 24.6 Å². The molecule has 0 unspecified atom stereocenters. The van der Waals surface area contributed by atoms with E-state index in [-0.39, 0.29) is 17.0 Å². The number of carbonyl (C=O) groups is 1. The Morgan fingerprint density at radius 1 is 1.15 bits per heavy atom. The smallest absolute Gasteiger partial charge is 0.278 e. The topological polar surface area (TPSA) is 55.2 Å². The van der Waals surface area contributed by atoms with Crippen LogP contribution in [-0.2, 0) is 13.1 Å². The number of para-hydroxylation sites is 1. The average molecular weight is 347 g/mol. The molecule has 0 bridgehead atoms. The fraction of sp³-hybridized carbons (Fsp3) is 0.190. The van der Waals surface area contributed by atoms with Crippen molar-refractivity contribution in [1.29, 1.82) is 0 Å². The molecule has 0 aliphatic carbocycles. The first kappa shape index (κ1) is 17.6. The summed E-state index contributed by atoms with van der Waals surface area (Å²) >= 11 is 0. The summed E-state index contributed by atoms with van der Waals surface area (Å²) in [6, 6.07) is 16.9. The molecule has 0 radical (unpaired) electrons. The second-order valence-electron chi connectivity index (χ2n) is 5.97. The van der Waals surface area contributed by atoms with E-state index >= 15 is 0 Å². The number of amides is 1. The predicted molar refractivity (Wildman–Crippen MR) is 103 cm³/mol. The van der Waals surface area contributed by atoms with Crippen LogP contribution in [0, 0.1) is 0 Å². The molecule has 0 spiro atoms. The summed E-state index contributed by atoms with van der Waals surface area (Å²) in [6.07, 6.45) is 1.65. The largest absolute Gasteiger partial charge is 0.329 e. The highest BCUT2D eigenvalue weighted by Crippen LogP contribution is 2.12. The molecule has 0 N–H and O–H groups in total. The van der Waals surface area contributed by atoms with Crippen LogP contribution in [0.25, 0.3) is 10.9 Å². The number of fused-ring (bicyclic) bond motifs is 1. The summed E-state index contributed by atoms with van der Waals surface area (Å²) in [7, 11) is 0. The number of benzene rings is 2. The van der Waals surface area contributed by atoms with Gasteiger partial charge in [0.15, 0.2) is 5.69 Å². The van der Waals surface area contributed by atoms with Crippen LogP contribution in [0.1, 0.15) is 23.0 Å². The molecule has 26 heavy (non-hydrogen) atoms. The monoisotopic (exact) mass is 347 g/mol. The third-order valence-electron chi connectivity index (χ3n) is 4.22. The van der Waals surface area contributed by atoms with E-state index in [2.05, 4.69) is 11.7 Å². The molecule has 0 aliphatic rings. The number of aryl methyl sites for hydroxylation is 1. The quantitative estimate of drug-likeness (QED) is 0.643. The molecular formula is C21H21N3O2. The van der Waals surface area contributed by atoms with E-state index in [1.807, 2.05) is 49.4 Å². The SMILES string of the molecule is C=CCN(Cc1ccccc1)C(=O)c1nn(CC)c2ccccc2c1=O. The first-order chi connectivity index (χ1) is 12.7. The number of hydrogen-bond acceptors (Lipinski definition) is 3. The number of nitrogens with zero attached hydrogens (tertiary/aromatic N) is 3. The molecule has 132 valence electrons. The molecule has 0 atom stereocenters. The summed E-state index contributed by atoms with van der Waals surface area (Å²) in [5.74, 6) is -0.383. The normalized spacial score (nSPS) is 10.7. The van der Waals surface area contributed by atoms with Crippen LogP contribution in [0.3, 0.4) is 0 Å². The number of hydrogen-bond donors (Lipinski definition) is 0.